The largest absolute Gasteiger partial charge is 0.481 e. The number of nitrogens with two attached hydrogens (primary N) is 3. The number of carboxylic acids is 3. The van der Waals surface area contributed by atoms with Gasteiger partial charge in [0, 0.05) is 18.7 Å². The minimum atomic E-state index is -1.74. The molecule has 0 aromatic carbocycles. The number of rotatable bonds is 19. The first-order chi connectivity index (χ1) is 18.2. The van der Waals surface area contributed by atoms with Crippen LogP contribution in [0.5, 0.6) is 0 Å². The van der Waals surface area contributed by atoms with Gasteiger partial charge in [0.15, 0.2) is 5.96 Å². The minimum absolute atomic E-state index is 0.124. The molecule has 4 amide bonds. The normalized spacial score (nSPS) is 13.5. The van der Waals surface area contributed by atoms with E-state index in [1.165, 1.54) is 0 Å². The van der Waals surface area contributed by atoms with Gasteiger partial charge in [-0.25, -0.2) is 4.79 Å². The third kappa shape index (κ3) is 15.7. The summed E-state index contributed by atoms with van der Waals surface area (Å²) in [6.07, 6.45) is -1.46. The molecule has 18 nitrogen and oxygen atoms in total. The van der Waals surface area contributed by atoms with E-state index in [0.717, 1.165) is 0 Å². The van der Waals surface area contributed by atoms with E-state index in [9.17, 15) is 33.6 Å². The molecule has 0 fully saturated rings. The van der Waals surface area contributed by atoms with E-state index in [1.54, 1.807) is 0 Å². The Kier molecular flexibility index (Phi) is 16.3. The van der Waals surface area contributed by atoms with Crippen LogP contribution in [0.3, 0.4) is 0 Å². The van der Waals surface area contributed by atoms with Crippen molar-refractivity contribution in [2.24, 2.45) is 22.2 Å². The highest BCUT2D eigenvalue weighted by Gasteiger charge is 2.30. The van der Waals surface area contributed by atoms with Crippen molar-refractivity contribution in [1.82, 2.24) is 21.3 Å². The van der Waals surface area contributed by atoms with E-state index in [1.807, 2.05) is 0 Å². The number of carboxylic acid groups (broad SMARTS) is 3. The Morgan fingerprint density at radius 1 is 0.795 bits per heavy atom. The quantitative estimate of drug-likeness (QED) is 0.0297. The summed E-state index contributed by atoms with van der Waals surface area (Å²) in [5, 5.41) is 35.7. The van der Waals surface area contributed by atoms with Crippen LogP contribution in [0.4, 0.5) is 0 Å². The number of carbonyl (C=O) groups excluding carboxylic acids is 4. The van der Waals surface area contributed by atoms with Crippen molar-refractivity contribution in [3.63, 3.8) is 0 Å². The summed E-state index contributed by atoms with van der Waals surface area (Å²) in [5.41, 5.74) is 16.1. The number of hydrogen-bond acceptors (Lipinski definition) is 10. The molecule has 0 aliphatic carbocycles. The van der Waals surface area contributed by atoms with E-state index in [0.29, 0.717) is 6.42 Å². The topological polar surface area (TPSA) is 319 Å². The summed E-state index contributed by atoms with van der Waals surface area (Å²) in [7, 11) is 0. The summed E-state index contributed by atoms with van der Waals surface area (Å²) in [6.45, 7) is -0.443. The standard InChI is InChI=1S/C20H34N8O10S/c21-9(2-1-5-24-20(22)23)16(34)25-7-13(29)26-11(6-15(32)33)18(36)27-10(3-4-14(30)31)17(35)28-12(8-39)19(37)38/h9-12,39H,1-8,21H2,(H,25,34)(H,26,29)(H,27,36)(H,28,35)(H,30,31)(H,32,33)(H,37,38)(H4,22,23,24)/t9-,10-,11-,12-/m0/s1. The van der Waals surface area contributed by atoms with E-state index in [2.05, 4.69) is 38.9 Å². The molecule has 0 spiro atoms. The van der Waals surface area contributed by atoms with Gasteiger partial charge in [-0.2, -0.15) is 12.6 Å². The third-order valence-corrected chi connectivity index (χ3v) is 5.20. The molecule has 0 aromatic heterocycles. The number of carbonyl (C=O) groups is 7. The fraction of sp³-hybridized carbons (Fsp3) is 0.600. The first-order valence-electron chi connectivity index (χ1n) is 11.4. The average Bonchev–Trinajstić information content (AvgIpc) is 2.84. The SMILES string of the molecule is NC(N)=NCCC[C@H](N)C(=O)NCC(=O)N[C@@H](CC(=O)O)C(=O)N[C@@H](CCC(=O)O)C(=O)N[C@@H](CS)C(=O)O. The third-order valence-electron chi connectivity index (χ3n) is 4.84. The molecule has 0 aliphatic rings. The first-order valence-corrected chi connectivity index (χ1v) is 12.1. The number of aliphatic carboxylic acids is 3. The molecule has 19 heteroatoms. The van der Waals surface area contributed by atoms with Gasteiger partial charge < -0.3 is 53.8 Å². The smallest absolute Gasteiger partial charge is 0.327 e. The predicted molar refractivity (Wildman–Crippen MR) is 137 cm³/mol. The van der Waals surface area contributed by atoms with Crippen molar-refractivity contribution in [3.05, 3.63) is 0 Å². The fourth-order valence-electron chi connectivity index (χ4n) is 2.84. The van der Waals surface area contributed by atoms with Crippen molar-refractivity contribution in [2.45, 2.75) is 56.3 Å². The summed E-state index contributed by atoms with van der Waals surface area (Å²) < 4.78 is 0. The average molecular weight is 579 g/mol. The van der Waals surface area contributed by atoms with Gasteiger partial charge in [0.05, 0.1) is 19.0 Å². The van der Waals surface area contributed by atoms with Gasteiger partial charge >= 0.3 is 17.9 Å². The number of guanidine groups is 1. The van der Waals surface area contributed by atoms with E-state index < -0.39 is 91.5 Å². The Morgan fingerprint density at radius 2 is 1.38 bits per heavy atom. The first kappa shape index (κ1) is 34.9. The van der Waals surface area contributed by atoms with Crippen LogP contribution in [0.2, 0.25) is 0 Å². The Labute approximate surface area is 227 Å². The number of nitrogens with one attached hydrogen (secondary N) is 4. The Morgan fingerprint density at radius 3 is 1.90 bits per heavy atom. The van der Waals surface area contributed by atoms with Crippen molar-refractivity contribution < 1.29 is 48.9 Å². The Bertz CT molecular complexity index is 943. The molecule has 0 unspecified atom stereocenters. The van der Waals surface area contributed by atoms with Crippen LogP contribution in [0, 0.1) is 0 Å². The van der Waals surface area contributed by atoms with Crippen LogP contribution in [0.25, 0.3) is 0 Å². The summed E-state index contributed by atoms with van der Waals surface area (Å²) in [4.78, 5) is 86.7. The van der Waals surface area contributed by atoms with Crippen LogP contribution in [-0.4, -0.2) is 106 Å². The second-order valence-electron chi connectivity index (χ2n) is 8.07. The molecule has 0 aliphatic heterocycles. The molecule has 0 aromatic rings. The lowest BCUT2D eigenvalue weighted by Crippen LogP contribution is -2.57. The van der Waals surface area contributed by atoms with Crippen LogP contribution in [0.1, 0.15) is 32.1 Å². The van der Waals surface area contributed by atoms with Crippen LogP contribution in [-0.2, 0) is 33.6 Å². The zero-order valence-corrected chi connectivity index (χ0v) is 21.7. The van der Waals surface area contributed by atoms with Gasteiger partial charge in [0.1, 0.15) is 18.1 Å². The van der Waals surface area contributed by atoms with E-state index >= 15 is 0 Å². The monoisotopic (exact) mass is 578 g/mol. The molecule has 0 heterocycles. The molecular formula is C20H34N8O10S. The van der Waals surface area contributed by atoms with Crippen molar-refractivity contribution >= 4 is 60.1 Å². The molecular weight excluding hydrogens is 544 g/mol. The maximum atomic E-state index is 12.7. The zero-order chi connectivity index (χ0) is 30.1. The molecule has 39 heavy (non-hydrogen) atoms. The number of amides is 4. The Balaban J connectivity index is 5.24. The van der Waals surface area contributed by atoms with Gasteiger partial charge in [0.25, 0.3) is 0 Å². The zero-order valence-electron chi connectivity index (χ0n) is 20.8. The second-order valence-corrected chi connectivity index (χ2v) is 8.43. The molecule has 0 bridgehead atoms. The summed E-state index contributed by atoms with van der Waals surface area (Å²) in [5.74, 6) is -8.62. The van der Waals surface area contributed by atoms with Gasteiger partial charge in [0.2, 0.25) is 23.6 Å². The predicted octanol–water partition coefficient (Wildman–Crippen LogP) is -4.71. The fourth-order valence-corrected chi connectivity index (χ4v) is 3.09. The van der Waals surface area contributed by atoms with Crippen molar-refractivity contribution in [2.75, 3.05) is 18.8 Å². The van der Waals surface area contributed by atoms with Gasteiger partial charge in [-0.05, 0) is 19.3 Å². The highest BCUT2D eigenvalue weighted by molar-refractivity contribution is 7.80. The summed E-state index contributed by atoms with van der Waals surface area (Å²) >= 11 is 3.79. The van der Waals surface area contributed by atoms with Gasteiger partial charge in [-0.3, -0.25) is 33.8 Å². The van der Waals surface area contributed by atoms with Crippen LogP contribution < -0.4 is 38.5 Å². The van der Waals surface area contributed by atoms with Gasteiger partial charge in [-0.1, -0.05) is 0 Å². The molecule has 4 atom stereocenters. The Hall–Kier alpha value is -4.13. The minimum Gasteiger partial charge on any atom is -0.481 e. The highest BCUT2D eigenvalue weighted by atomic mass is 32.1. The molecule has 13 N–H and O–H groups in total. The van der Waals surface area contributed by atoms with Crippen molar-refractivity contribution in [3.8, 4) is 0 Å². The highest BCUT2D eigenvalue weighted by Crippen LogP contribution is 2.03. The number of thiol groups is 1. The number of aliphatic imine (C=N–C) groups is 1. The molecule has 0 radical (unpaired) electrons. The maximum absolute atomic E-state index is 12.7. The molecule has 0 rings (SSSR count). The van der Waals surface area contributed by atoms with Crippen LogP contribution >= 0.6 is 12.6 Å². The molecule has 0 saturated carbocycles. The lowest BCUT2D eigenvalue weighted by Gasteiger charge is -2.23. The van der Waals surface area contributed by atoms with E-state index in [4.69, 9.17) is 32.5 Å². The second kappa shape index (κ2) is 18.2. The molecule has 0 saturated heterocycles. The van der Waals surface area contributed by atoms with Gasteiger partial charge in [-0.15, -0.1) is 0 Å². The summed E-state index contributed by atoms with van der Waals surface area (Å²) in [6, 6.07) is -5.78. The molecule has 220 valence electrons. The van der Waals surface area contributed by atoms with Crippen LogP contribution in [0.15, 0.2) is 4.99 Å². The lowest BCUT2D eigenvalue weighted by molar-refractivity contribution is -0.143. The van der Waals surface area contributed by atoms with Crippen molar-refractivity contribution in [1.29, 1.82) is 0 Å². The van der Waals surface area contributed by atoms with E-state index in [-0.39, 0.29) is 24.7 Å². The number of nitrogens with zero attached hydrogens (tertiary/aromatic N) is 1. The number of hydrogen-bond donors (Lipinski definition) is 11. The lowest BCUT2D eigenvalue weighted by atomic mass is 10.1. The maximum Gasteiger partial charge on any atom is 0.327 e.